The summed E-state index contributed by atoms with van der Waals surface area (Å²) in [4.78, 5) is 10.1. The van der Waals surface area contributed by atoms with E-state index in [1.165, 1.54) is 26.6 Å². The summed E-state index contributed by atoms with van der Waals surface area (Å²) in [6.45, 7) is 0.863. The predicted molar refractivity (Wildman–Crippen MR) is 73.1 cm³/mol. The second-order valence-electron chi connectivity index (χ2n) is 4.67. The van der Waals surface area contributed by atoms with Gasteiger partial charge in [-0.3, -0.25) is 9.38 Å². The second-order valence-corrected chi connectivity index (χ2v) is 5.65. The van der Waals surface area contributed by atoms with Crippen LogP contribution in [-0.4, -0.2) is 14.4 Å². The Bertz CT molecular complexity index is 951. The number of hydrogen-bond donors (Lipinski definition) is 0. The molecule has 0 N–H and O–H groups in total. The van der Waals surface area contributed by atoms with Gasteiger partial charge in [-0.05, 0) is 29.5 Å². The molecule has 4 nitrogen and oxygen atoms in total. The SMILES string of the molecule is c1cnc2c(c1)-c1sc3c(cc4ncccn43)[n+]1C2. The van der Waals surface area contributed by atoms with Crippen LogP contribution in [0.15, 0.2) is 42.9 Å². The Labute approximate surface area is 112 Å². The maximum atomic E-state index is 4.47. The van der Waals surface area contributed by atoms with Gasteiger partial charge in [0.1, 0.15) is 11.3 Å². The van der Waals surface area contributed by atoms with Crippen LogP contribution in [0.2, 0.25) is 0 Å². The van der Waals surface area contributed by atoms with Crippen LogP contribution in [0.3, 0.4) is 0 Å². The molecule has 4 aromatic heterocycles. The first-order valence-corrected chi connectivity index (χ1v) is 6.96. The lowest BCUT2D eigenvalue weighted by Crippen LogP contribution is -2.30. The van der Waals surface area contributed by atoms with Crippen molar-refractivity contribution in [3.63, 3.8) is 0 Å². The fraction of sp³-hybridized carbons (Fsp3) is 0.0714. The zero-order chi connectivity index (χ0) is 12.4. The number of aromatic nitrogens is 4. The van der Waals surface area contributed by atoms with E-state index in [1.807, 2.05) is 35.9 Å². The predicted octanol–water partition coefficient (Wildman–Crippen LogP) is 2.26. The highest BCUT2D eigenvalue weighted by atomic mass is 32.1. The quantitative estimate of drug-likeness (QED) is 0.402. The number of fused-ring (bicyclic) bond motifs is 7. The highest BCUT2D eigenvalue weighted by Gasteiger charge is 2.33. The maximum Gasteiger partial charge on any atom is 0.274 e. The lowest BCUT2D eigenvalue weighted by atomic mass is 10.2. The molecule has 5 heteroatoms. The van der Waals surface area contributed by atoms with Crippen LogP contribution in [0.4, 0.5) is 0 Å². The molecule has 1 aliphatic heterocycles. The molecule has 0 saturated heterocycles. The van der Waals surface area contributed by atoms with Crippen molar-refractivity contribution in [3.05, 3.63) is 48.5 Å². The van der Waals surface area contributed by atoms with E-state index < -0.39 is 0 Å². The first-order valence-electron chi connectivity index (χ1n) is 6.14. The molecule has 0 saturated carbocycles. The number of rotatable bonds is 0. The van der Waals surface area contributed by atoms with Gasteiger partial charge in [0.2, 0.25) is 5.52 Å². The van der Waals surface area contributed by atoms with E-state index in [9.17, 15) is 0 Å². The van der Waals surface area contributed by atoms with Gasteiger partial charge in [-0.25, -0.2) is 4.98 Å². The van der Waals surface area contributed by atoms with Crippen molar-refractivity contribution in [3.8, 4) is 10.6 Å². The van der Waals surface area contributed by atoms with Gasteiger partial charge in [0.05, 0.1) is 11.6 Å². The van der Waals surface area contributed by atoms with Crippen molar-refractivity contribution < 1.29 is 4.57 Å². The highest BCUT2D eigenvalue weighted by molar-refractivity contribution is 7.20. The number of hydrogen-bond acceptors (Lipinski definition) is 3. The van der Waals surface area contributed by atoms with Gasteiger partial charge in [0.25, 0.3) is 5.01 Å². The molecule has 0 aliphatic carbocycles. The van der Waals surface area contributed by atoms with Crippen LogP contribution >= 0.6 is 11.3 Å². The average Bonchev–Trinajstić information content (AvgIpc) is 3.07. The lowest BCUT2D eigenvalue weighted by Gasteiger charge is -1.91. The minimum atomic E-state index is 0.863. The van der Waals surface area contributed by atoms with Crippen molar-refractivity contribution in [2.24, 2.45) is 0 Å². The van der Waals surface area contributed by atoms with E-state index in [2.05, 4.69) is 37.3 Å². The summed E-state index contributed by atoms with van der Waals surface area (Å²) in [7, 11) is 0. The van der Waals surface area contributed by atoms with E-state index in [-0.39, 0.29) is 0 Å². The minimum absolute atomic E-state index is 0.863. The Hall–Kier alpha value is -2.27. The second kappa shape index (κ2) is 3.19. The van der Waals surface area contributed by atoms with E-state index in [0.717, 1.165) is 12.2 Å². The molecule has 5 heterocycles. The first kappa shape index (κ1) is 9.63. The number of nitrogens with zero attached hydrogens (tertiary/aromatic N) is 4. The highest BCUT2D eigenvalue weighted by Crippen LogP contribution is 2.35. The molecule has 0 unspecified atom stereocenters. The molecule has 0 amide bonds. The minimum Gasteiger partial charge on any atom is -0.287 e. The van der Waals surface area contributed by atoms with Gasteiger partial charge in [-0.1, -0.05) is 0 Å². The largest absolute Gasteiger partial charge is 0.287 e. The molecule has 5 rings (SSSR count). The molecule has 0 spiro atoms. The molecule has 0 atom stereocenters. The zero-order valence-electron chi connectivity index (χ0n) is 9.95. The van der Waals surface area contributed by atoms with E-state index >= 15 is 0 Å². The average molecular weight is 265 g/mol. The molecule has 19 heavy (non-hydrogen) atoms. The van der Waals surface area contributed by atoms with Gasteiger partial charge in [0.15, 0.2) is 11.4 Å². The monoisotopic (exact) mass is 265 g/mol. The summed E-state index contributed by atoms with van der Waals surface area (Å²) < 4.78 is 4.49. The maximum absolute atomic E-state index is 4.47. The number of pyridine rings is 1. The summed E-state index contributed by atoms with van der Waals surface area (Å²) in [6, 6.07) is 8.28. The van der Waals surface area contributed by atoms with Crippen molar-refractivity contribution in [2.45, 2.75) is 6.54 Å². The van der Waals surface area contributed by atoms with Crippen LogP contribution in [0.1, 0.15) is 5.69 Å². The Kier molecular flexibility index (Phi) is 1.62. The lowest BCUT2D eigenvalue weighted by molar-refractivity contribution is -0.642. The van der Waals surface area contributed by atoms with Crippen molar-refractivity contribution in [1.82, 2.24) is 14.4 Å². The summed E-state index contributed by atoms with van der Waals surface area (Å²) in [5.74, 6) is 0. The first-order chi connectivity index (χ1) is 9.42. The van der Waals surface area contributed by atoms with Gasteiger partial charge in [-0.15, -0.1) is 0 Å². The molecule has 0 fully saturated rings. The van der Waals surface area contributed by atoms with Crippen LogP contribution < -0.4 is 4.57 Å². The van der Waals surface area contributed by atoms with Crippen LogP contribution in [0.5, 0.6) is 0 Å². The van der Waals surface area contributed by atoms with Gasteiger partial charge < -0.3 is 0 Å². The van der Waals surface area contributed by atoms with Gasteiger partial charge >= 0.3 is 0 Å². The van der Waals surface area contributed by atoms with Crippen molar-refractivity contribution in [2.75, 3.05) is 0 Å². The van der Waals surface area contributed by atoms with Gasteiger partial charge in [-0.2, -0.15) is 4.57 Å². The standard InChI is InChI=1S/C14H9N4S/c1-3-9-10(15-4-1)8-18-11-7-12-16-5-2-6-17(12)14(11)19-13(9)18/h1-7H,8H2/q+1. The fourth-order valence-electron chi connectivity index (χ4n) is 2.79. The molecular weight excluding hydrogens is 256 g/mol. The summed E-state index contributed by atoms with van der Waals surface area (Å²) in [5, 5.41) is 1.30. The number of thiazole rings is 1. The topological polar surface area (TPSA) is 34.1 Å². The van der Waals surface area contributed by atoms with Crippen molar-refractivity contribution in [1.29, 1.82) is 0 Å². The Morgan fingerprint density at radius 1 is 1.21 bits per heavy atom. The van der Waals surface area contributed by atoms with Crippen LogP contribution in [0, 0.1) is 0 Å². The Morgan fingerprint density at radius 3 is 3.16 bits per heavy atom. The van der Waals surface area contributed by atoms with Crippen molar-refractivity contribution >= 4 is 27.3 Å². The van der Waals surface area contributed by atoms with E-state index in [0.29, 0.717) is 0 Å². The molecule has 0 aromatic carbocycles. The third-order valence-corrected chi connectivity index (χ3v) is 4.87. The Morgan fingerprint density at radius 2 is 2.16 bits per heavy atom. The van der Waals surface area contributed by atoms with Gasteiger partial charge in [0, 0.05) is 18.6 Å². The van der Waals surface area contributed by atoms with E-state index in [1.54, 1.807) is 0 Å². The third kappa shape index (κ3) is 1.11. The molecule has 1 aliphatic rings. The molecule has 90 valence electrons. The normalized spacial score (nSPS) is 13.1. The zero-order valence-corrected chi connectivity index (χ0v) is 10.8. The fourth-order valence-corrected chi connectivity index (χ4v) is 4.06. The molecular formula is C14H9N4S+. The van der Waals surface area contributed by atoms with E-state index in [4.69, 9.17) is 0 Å². The summed E-state index contributed by atoms with van der Waals surface area (Å²) in [6.07, 6.45) is 5.77. The molecule has 0 bridgehead atoms. The summed E-state index contributed by atoms with van der Waals surface area (Å²) in [5.41, 5.74) is 4.68. The van der Waals surface area contributed by atoms with Crippen LogP contribution in [0.25, 0.3) is 26.6 Å². The molecule has 4 aromatic rings. The van der Waals surface area contributed by atoms with Crippen LogP contribution in [-0.2, 0) is 6.54 Å². The smallest absolute Gasteiger partial charge is 0.274 e. The Balaban J connectivity index is 1.93. The molecule has 0 radical (unpaired) electrons. The summed E-state index contributed by atoms with van der Waals surface area (Å²) >= 11 is 1.81. The third-order valence-electron chi connectivity index (χ3n) is 3.64.